The maximum atomic E-state index is 12.3. The normalized spacial score (nSPS) is 12.3. The van der Waals surface area contributed by atoms with Gasteiger partial charge in [0.25, 0.3) is 0 Å². The monoisotopic (exact) mass is 338 g/mol. The molecule has 4 nitrogen and oxygen atoms in total. The highest BCUT2D eigenvalue weighted by atomic mass is 32.2. The SMILES string of the molecule is O=c1cc(-c2ccc3c(c2)OCO3)occ1SCc1ccccc1. The molecule has 0 N–H and O–H groups in total. The molecule has 1 aliphatic heterocycles. The molecular weight excluding hydrogens is 324 g/mol. The molecule has 5 heteroatoms. The second kappa shape index (κ2) is 6.45. The maximum Gasteiger partial charge on any atom is 0.231 e. The molecule has 0 saturated heterocycles. The highest BCUT2D eigenvalue weighted by molar-refractivity contribution is 7.98. The van der Waals surface area contributed by atoms with Crippen molar-refractivity contribution in [3.63, 3.8) is 0 Å². The van der Waals surface area contributed by atoms with Gasteiger partial charge in [0.1, 0.15) is 12.0 Å². The maximum absolute atomic E-state index is 12.3. The van der Waals surface area contributed by atoms with Crippen molar-refractivity contribution in [3.05, 3.63) is 76.6 Å². The third-order valence-corrected chi connectivity index (χ3v) is 4.78. The van der Waals surface area contributed by atoms with Gasteiger partial charge in [0.05, 0.1) is 4.90 Å². The number of fused-ring (bicyclic) bond motifs is 1. The molecule has 0 radical (unpaired) electrons. The number of thioether (sulfide) groups is 1. The van der Waals surface area contributed by atoms with Crippen LogP contribution in [-0.4, -0.2) is 6.79 Å². The number of rotatable bonds is 4. The van der Waals surface area contributed by atoms with Crippen molar-refractivity contribution in [2.24, 2.45) is 0 Å². The molecule has 1 aliphatic rings. The van der Waals surface area contributed by atoms with E-state index in [4.69, 9.17) is 13.9 Å². The van der Waals surface area contributed by atoms with E-state index in [0.29, 0.717) is 22.2 Å². The zero-order chi connectivity index (χ0) is 16.4. The number of hydrogen-bond donors (Lipinski definition) is 0. The summed E-state index contributed by atoms with van der Waals surface area (Å²) < 4.78 is 16.3. The minimum absolute atomic E-state index is 0.0464. The Morgan fingerprint density at radius 2 is 1.79 bits per heavy atom. The second-order valence-electron chi connectivity index (χ2n) is 5.32. The van der Waals surface area contributed by atoms with Crippen molar-refractivity contribution in [1.29, 1.82) is 0 Å². The van der Waals surface area contributed by atoms with Crippen LogP contribution in [-0.2, 0) is 5.75 Å². The molecule has 0 bridgehead atoms. The lowest BCUT2D eigenvalue weighted by Crippen LogP contribution is -2.02. The number of benzene rings is 2. The summed E-state index contributed by atoms with van der Waals surface area (Å²) in [6.07, 6.45) is 1.52. The minimum Gasteiger partial charge on any atom is -0.463 e. The van der Waals surface area contributed by atoms with E-state index in [1.165, 1.54) is 29.7 Å². The quantitative estimate of drug-likeness (QED) is 0.663. The summed E-state index contributed by atoms with van der Waals surface area (Å²) in [6.45, 7) is 0.220. The molecule has 120 valence electrons. The van der Waals surface area contributed by atoms with Crippen LogP contribution in [0.15, 0.2) is 75.0 Å². The second-order valence-corrected chi connectivity index (χ2v) is 6.33. The van der Waals surface area contributed by atoms with E-state index < -0.39 is 0 Å². The van der Waals surface area contributed by atoms with Crippen LogP contribution in [0, 0.1) is 0 Å². The predicted molar refractivity (Wildman–Crippen MR) is 92.5 cm³/mol. The van der Waals surface area contributed by atoms with Crippen LogP contribution in [0.5, 0.6) is 11.5 Å². The fourth-order valence-electron chi connectivity index (χ4n) is 2.44. The van der Waals surface area contributed by atoms with E-state index in [1.54, 1.807) is 0 Å². The van der Waals surface area contributed by atoms with Crippen LogP contribution in [0.2, 0.25) is 0 Å². The molecule has 3 aromatic rings. The van der Waals surface area contributed by atoms with Gasteiger partial charge in [-0.05, 0) is 23.8 Å². The van der Waals surface area contributed by atoms with Crippen molar-refractivity contribution in [3.8, 4) is 22.8 Å². The fourth-order valence-corrected chi connectivity index (χ4v) is 3.27. The van der Waals surface area contributed by atoms with E-state index in [1.807, 2.05) is 48.5 Å². The zero-order valence-corrected chi connectivity index (χ0v) is 13.5. The first-order valence-electron chi connectivity index (χ1n) is 7.49. The molecule has 0 atom stereocenters. The lowest BCUT2D eigenvalue weighted by Gasteiger charge is -2.04. The van der Waals surface area contributed by atoms with Crippen molar-refractivity contribution >= 4 is 11.8 Å². The molecular formula is C19H14O4S. The predicted octanol–water partition coefficient (Wildman–Crippen LogP) is 4.33. The third-order valence-electron chi connectivity index (χ3n) is 3.69. The summed E-state index contributed by atoms with van der Waals surface area (Å²) in [5.74, 6) is 2.62. The lowest BCUT2D eigenvalue weighted by molar-refractivity contribution is 0.174. The Morgan fingerprint density at radius 1 is 0.958 bits per heavy atom. The first-order chi connectivity index (χ1) is 11.8. The largest absolute Gasteiger partial charge is 0.463 e. The van der Waals surface area contributed by atoms with E-state index in [-0.39, 0.29) is 12.2 Å². The minimum atomic E-state index is -0.0464. The molecule has 0 unspecified atom stereocenters. The van der Waals surface area contributed by atoms with Gasteiger partial charge in [-0.25, -0.2) is 0 Å². The summed E-state index contributed by atoms with van der Waals surface area (Å²) in [5.41, 5.74) is 1.91. The molecule has 0 amide bonds. The van der Waals surface area contributed by atoms with Crippen LogP contribution in [0.4, 0.5) is 0 Å². The lowest BCUT2D eigenvalue weighted by atomic mass is 10.1. The molecule has 1 aromatic heterocycles. The Labute approximate surface area is 143 Å². The highest BCUT2D eigenvalue weighted by Gasteiger charge is 2.15. The zero-order valence-electron chi connectivity index (χ0n) is 12.7. The van der Waals surface area contributed by atoms with E-state index in [9.17, 15) is 4.79 Å². The Hall–Kier alpha value is -2.66. The van der Waals surface area contributed by atoms with Crippen LogP contribution >= 0.6 is 11.8 Å². The van der Waals surface area contributed by atoms with Crippen molar-refractivity contribution in [2.75, 3.05) is 6.79 Å². The molecule has 2 aromatic carbocycles. The molecule has 0 saturated carbocycles. The van der Waals surface area contributed by atoms with Gasteiger partial charge >= 0.3 is 0 Å². The molecule has 0 aliphatic carbocycles. The van der Waals surface area contributed by atoms with Crippen LogP contribution < -0.4 is 14.9 Å². The molecule has 2 heterocycles. The summed E-state index contributed by atoms with van der Waals surface area (Å²) in [7, 11) is 0. The van der Waals surface area contributed by atoms with E-state index in [0.717, 1.165) is 11.3 Å². The van der Waals surface area contributed by atoms with Crippen LogP contribution in [0.1, 0.15) is 5.56 Å². The van der Waals surface area contributed by atoms with Gasteiger partial charge in [-0.2, -0.15) is 0 Å². The van der Waals surface area contributed by atoms with Gasteiger partial charge in [-0.1, -0.05) is 30.3 Å². The topological polar surface area (TPSA) is 48.7 Å². The van der Waals surface area contributed by atoms with Crippen molar-refractivity contribution in [1.82, 2.24) is 0 Å². The third kappa shape index (κ3) is 3.03. The van der Waals surface area contributed by atoms with Crippen molar-refractivity contribution in [2.45, 2.75) is 10.6 Å². The summed E-state index contributed by atoms with van der Waals surface area (Å²) in [6, 6.07) is 17.0. The molecule has 4 rings (SSSR count). The molecule has 0 fully saturated rings. The van der Waals surface area contributed by atoms with Gasteiger partial charge in [0.15, 0.2) is 16.9 Å². The van der Waals surface area contributed by atoms with Crippen LogP contribution in [0.25, 0.3) is 11.3 Å². The van der Waals surface area contributed by atoms with Gasteiger partial charge in [-0.15, -0.1) is 11.8 Å². The van der Waals surface area contributed by atoms with Gasteiger partial charge in [0, 0.05) is 17.4 Å². The Balaban J connectivity index is 1.55. The molecule has 0 spiro atoms. The van der Waals surface area contributed by atoms with Gasteiger partial charge in [0.2, 0.25) is 6.79 Å². The Morgan fingerprint density at radius 3 is 2.62 bits per heavy atom. The average molecular weight is 338 g/mol. The number of hydrogen-bond acceptors (Lipinski definition) is 5. The Kier molecular flexibility index (Phi) is 4.01. The smallest absolute Gasteiger partial charge is 0.231 e. The first kappa shape index (κ1) is 14.9. The summed E-state index contributed by atoms with van der Waals surface area (Å²) in [5, 5.41) is 0. The average Bonchev–Trinajstić information content (AvgIpc) is 3.09. The van der Waals surface area contributed by atoms with E-state index >= 15 is 0 Å². The van der Waals surface area contributed by atoms with Gasteiger partial charge in [-0.3, -0.25) is 4.79 Å². The summed E-state index contributed by atoms with van der Waals surface area (Å²) >= 11 is 1.47. The highest BCUT2D eigenvalue weighted by Crippen LogP contribution is 2.35. The van der Waals surface area contributed by atoms with E-state index in [2.05, 4.69) is 0 Å². The van der Waals surface area contributed by atoms with Crippen LogP contribution in [0.3, 0.4) is 0 Å². The number of ether oxygens (including phenoxy) is 2. The standard InChI is InChI=1S/C19H14O4S/c20-15-9-17(14-6-7-16-18(8-14)23-12-22-16)21-10-19(15)24-11-13-4-2-1-3-5-13/h1-10H,11-12H2. The summed E-state index contributed by atoms with van der Waals surface area (Å²) in [4.78, 5) is 12.9. The Bertz CT molecular complexity index is 918. The molecule has 24 heavy (non-hydrogen) atoms. The first-order valence-corrected chi connectivity index (χ1v) is 8.48. The van der Waals surface area contributed by atoms with Gasteiger partial charge < -0.3 is 13.9 Å². The fraction of sp³-hybridized carbons (Fsp3) is 0.105. The van der Waals surface area contributed by atoms with Crippen molar-refractivity contribution < 1.29 is 13.9 Å².